The van der Waals surface area contributed by atoms with Gasteiger partial charge < -0.3 is 0 Å². The van der Waals surface area contributed by atoms with Crippen LogP contribution in [0.25, 0.3) is 0 Å². The van der Waals surface area contributed by atoms with E-state index in [1.807, 2.05) is 0 Å². The van der Waals surface area contributed by atoms with Crippen LogP contribution in [0, 0.1) is 11.8 Å². The molecule has 1 unspecified atom stereocenters. The van der Waals surface area contributed by atoms with Gasteiger partial charge in [0.15, 0.2) is 0 Å². The highest BCUT2D eigenvalue weighted by molar-refractivity contribution is 5.81. The molecule has 1 heteroatoms. The summed E-state index contributed by atoms with van der Waals surface area (Å²) in [7, 11) is 0. The molecule has 0 amide bonds. The molecule has 1 fully saturated rings. The number of Topliss-reactive ketones (excluding diaryl/α,β-unsaturated/α-hetero) is 1. The van der Waals surface area contributed by atoms with Crippen LogP contribution in [-0.2, 0) is 4.79 Å². The highest BCUT2D eigenvalue weighted by atomic mass is 16.1. The van der Waals surface area contributed by atoms with Gasteiger partial charge in [-0.25, -0.2) is 0 Å². The quantitative estimate of drug-likeness (QED) is 0.622. The molecule has 1 aliphatic carbocycles. The Morgan fingerprint density at radius 3 is 2.57 bits per heavy atom. The second-order valence-corrected chi connectivity index (χ2v) is 4.68. The molecule has 1 atom stereocenters. The van der Waals surface area contributed by atoms with Crippen molar-refractivity contribution in [1.29, 1.82) is 0 Å². The zero-order valence-corrected chi connectivity index (χ0v) is 9.72. The monoisotopic (exact) mass is 196 g/mol. The maximum atomic E-state index is 11.8. The third-order valence-corrected chi connectivity index (χ3v) is 3.70. The van der Waals surface area contributed by atoms with E-state index in [9.17, 15) is 4.79 Å². The predicted octanol–water partition coefficient (Wildman–Crippen LogP) is 3.96. The van der Waals surface area contributed by atoms with Gasteiger partial charge in [0.05, 0.1) is 0 Å². The predicted molar refractivity (Wildman–Crippen MR) is 60.3 cm³/mol. The van der Waals surface area contributed by atoms with E-state index in [2.05, 4.69) is 13.8 Å². The van der Waals surface area contributed by atoms with Crippen molar-refractivity contribution in [2.75, 3.05) is 0 Å². The summed E-state index contributed by atoms with van der Waals surface area (Å²) in [5.41, 5.74) is 0. The summed E-state index contributed by atoms with van der Waals surface area (Å²) < 4.78 is 0. The average molecular weight is 196 g/mol. The molecule has 1 saturated carbocycles. The lowest BCUT2D eigenvalue weighted by atomic mass is 9.86. The van der Waals surface area contributed by atoms with E-state index < -0.39 is 0 Å². The summed E-state index contributed by atoms with van der Waals surface area (Å²) in [5, 5.41) is 0. The maximum Gasteiger partial charge on any atom is 0.135 e. The largest absolute Gasteiger partial charge is 0.299 e. The third kappa shape index (κ3) is 3.43. The van der Waals surface area contributed by atoms with Gasteiger partial charge in [0.1, 0.15) is 5.78 Å². The summed E-state index contributed by atoms with van der Waals surface area (Å²) in [6, 6.07) is 0. The highest BCUT2D eigenvalue weighted by Gasteiger charge is 2.22. The van der Waals surface area contributed by atoms with Crippen LogP contribution in [-0.4, -0.2) is 5.78 Å². The fourth-order valence-electron chi connectivity index (χ4n) is 2.51. The highest BCUT2D eigenvalue weighted by Crippen LogP contribution is 2.28. The molecule has 0 aromatic rings. The van der Waals surface area contributed by atoms with Crippen molar-refractivity contribution in [2.45, 2.75) is 65.2 Å². The molecule has 1 rings (SSSR count). The van der Waals surface area contributed by atoms with Crippen LogP contribution in [0.5, 0.6) is 0 Å². The number of hydrogen-bond donors (Lipinski definition) is 0. The molecule has 82 valence electrons. The summed E-state index contributed by atoms with van der Waals surface area (Å²) in [6.07, 6.45) is 9.33. The van der Waals surface area contributed by atoms with Crippen molar-refractivity contribution in [3.8, 4) is 0 Å². The van der Waals surface area contributed by atoms with Crippen LogP contribution in [0.4, 0.5) is 0 Å². The summed E-state index contributed by atoms with van der Waals surface area (Å²) in [6.45, 7) is 4.49. The van der Waals surface area contributed by atoms with Crippen molar-refractivity contribution in [3.63, 3.8) is 0 Å². The maximum absolute atomic E-state index is 11.8. The number of hydrogen-bond acceptors (Lipinski definition) is 1. The van der Waals surface area contributed by atoms with Gasteiger partial charge in [-0.15, -0.1) is 0 Å². The van der Waals surface area contributed by atoms with Crippen LogP contribution in [0.3, 0.4) is 0 Å². The Kier molecular flexibility index (Phi) is 5.21. The molecule has 0 aromatic heterocycles. The second kappa shape index (κ2) is 6.21. The normalized spacial score (nSPS) is 23.9. The van der Waals surface area contributed by atoms with Crippen molar-refractivity contribution in [3.05, 3.63) is 0 Å². The van der Waals surface area contributed by atoms with Gasteiger partial charge in [-0.2, -0.15) is 0 Å². The van der Waals surface area contributed by atoms with E-state index in [0.29, 0.717) is 11.7 Å². The number of rotatable bonds is 4. The summed E-state index contributed by atoms with van der Waals surface area (Å²) in [5.74, 6) is 1.74. The topological polar surface area (TPSA) is 17.1 Å². The van der Waals surface area contributed by atoms with Gasteiger partial charge in [0, 0.05) is 12.3 Å². The zero-order valence-electron chi connectivity index (χ0n) is 9.72. The molecule has 14 heavy (non-hydrogen) atoms. The van der Waals surface area contributed by atoms with Crippen molar-refractivity contribution >= 4 is 5.78 Å². The Hall–Kier alpha value is -0.330. The molecular weight excluding hydrogens is 172 g/mol. The molecule has 0 aliphatic heterocycles. The van der Waals surface area contributed by atoms with E-state index >= 15 is 0 Å². The van der Waals surface area contributed by atoms with Crippen molar-refractivity contribution in [2.24, 2.45) is 11.8 Å². The molecule has 0 heterocycles. The van der Waals surface area contributed by atoms with Crippen molar-refractivity contribution in [1.82, 2.24) is 0 Å². The smallest absolute Gasteiger partial charge is 0.135 e. The van der Waals surface area contributed by atoms with Crippen LogP contribution >= 0.6 is 0 Å². The molecule has 1 aliphatic rings. The molecule has 0 bridgehead atoms. The molecular formula is C13H24O. The minimum Gasteiger partial charge on any atom is -0.299 e. The van der Waals surface area contributed by atoms with Gasteiger partial charge >= 0.3 is 0 Å². The molecule has 1 nitrogen and oxygen atoms in total. The van der Waals surface area contributed by atoms with Crippen molar-refractivity contribution < 1.29 is 4.79 Å². The van der Waals surface area contributed by atoms with Gasteiger partial charge in [0.25, 0.3) is 0 Å². The number of carbonyl (C=O) groups is 1. The van der Waals surface area contributed by atoms with Crippen LogP contribution in [0.15, 0.2) is 0 Å². The SMILES string of the molecule is CCC(CC)CC1CCCCCC1=O. The van der Waals surface area contributed by atoms with E-state index in [-0.39, 0.29) is 0 Å². The first-order chi connectivity index (χ1) is 6.77. The molecule has 0 saturated heterocycles. The minimum absolute atomic E-state index is 0.405. The Bertz CT molecular complexity index is 170. The van der Waals surface area contributed by atoms with E-state index in [4.69, 9.17) is 0 Å². The lowest BCUT2D eigenvalue weighted by Crippen LogP contribution is -2.16. The first-order valence-electron chi connectivity index (χ1n) is 6.30. The Labute approximate surface area is 88.3 Å². The second-order valence-electron chi connectivity index (χ2n) is 4.68. The lowest BCUT2D eigenvalue weighted by Gasteiger charge is -2.19. The fraction of sp³-hybridized carbons (Fsp3) is 0.923. The Morgan fingerprint density at radius 2 is 1.93 bits per heavy atom. The van der Waals surface area contributed by atoms with Gasteiger partial charge in [0.2, 0.25) is 0 Å². The first-order valence-corrected chi connectivity index (χ1v) is 6.30. The van der Waals surface area contributed by atoms with E-state index in [0.717, 1.165) is 31.6 Å². The van der Waals surface area contributed by atoms with E-state index in [1.165, 1.54) is 25.7 Å². The van der Waals surface area contributed by atoms with Gasteiger partial charge in [-0.3, -0.25) is 4.79 Å². The fourth-order valence-corrected chi connectivity index (χ4v) is 2.51. The number of carbonyl (C=O) groups excluding carboxylic acids is 1. The standard InChI is InChI=1S/C13H24O/c1-3-11(4-2)10-12-8-6-5-7-9-13(12)14/h11-12H,3-10H2,1-2H3. The third-order valence-electron chi connectivity index (χ3n) is 3.70. The Morgan fingerprint density at radius 1 is 1.21 bits per heavy atom. The summed E-state index contributed by atoms with van der Waals surface area (Å²) >= 11 is 0. The summed E-state index contributed by atoms with van der Waals surface area (Å²) in [4.78, 5) is 11.8. The van der Waals surface area contributed by atoms with Gasteiger partial charge in [-0.1, -0.05) is 39.5 Å². The zero-order chi connectivity index (χ0) is 10.4. The minimum atomic E-state index is 0.405. The van der Waals surface area contributed by atoms with Crippen LogP contribution in [0.1, 0.15) is 65.2 Å². The average Bonchev–Trinajstić information content (AvgIpc) is 2.40. The molecule has 0 aromatic carbocycles. The van der Waals surface area contributed by atoms with E-state index in [1.54, 1.807) is 0 Å². The first kappa shape index (κ1) is 11.7. The molecule has 0 N–H and O–H groups in total. The van der Waals surface area contributed by atoms with Crippen LogP contribution < -0.4 is 0 Å². The molecule has 0 spiro atoms. The van der Waals surface area contributed by atoms with Crippen LogP contribution in [0.2, 0.25) is 0 Å². The Balaban J connectivity index is 2.43. The number of ketones is 1. The lowest BCUT2D eigenvalue weighted by molar-refractivity contribution is -0.123. The molecule has 0 radical (unpaired) electrons. The van der Waals surface area contributed by atoms with Gasteiger partial charge in [-0.05, 0) is 25.2 Å².